The van der Waals surface area contributed by atoms with Gasteiger partial charge in [0.05, 0.1) is 26.0 Å². The van der Waals surface area contributed by atoms with Crippen molar-refractivity contribution in [1.82, 2.24) is 5.01 Å². The third-order valence-corrected chi connectivity index (χ3v) is 6.49. The van der Waals surface area contributed by atoms with Gasteiger partial charge in [-0.1, -0.05) is 57.2 Å². The van der Waals surface area contributed by atoms with Crippen LogP contribution in [0.25, 0.3) is 0 Å². The number of benzene rings is 3. The van der Waals surface area contributed by atoms with Gasteiger partial charge < -0.3 is 14.2 Å². The molecule has 0 unspecified atom stereocenters. The van der Waals surface area contributed by atoms with Crippen molar-refractivity contribution in [2.75, 3.05) is 14.2 Å². The second-order valence-electron chi connectivity index (χ2n) is 9.60. The Labute approximate surface area is 195 Å². The minimum absolute atomic E-state index is 0.0771. The smallest absolute Gasteiger partial charge is 0.214 e. The van der Waals surface area contributed by atoms with Crippen LogP contribution >= 0.6 is 0 Å². The monoisotopic (exact) mass is 442 g/mol. The molecule has 0 aliphatic carbocycles. The first-order valence-corrected chi connectivity index (χ1v) is 11.3. The molecule has 0 fully saturated rings. The van der Waals surface area contributed by atoms with Crippen LogP contribution in [0, 0.1) is 0 Å². The standard InChI is InChI=1S/C28H30N2O3/c1-28(2,3)20-13-9-19(10-14-20)27-30-24(22-7-6-8-25(32-5)26(22)33-27)17-23(29-30)18-11-15-21(31-4)16-12-18/h6-16,24,27H,17H2,1-5H3/t24-,27+/m1/s1. The highest BCUT2D eigenvalue weighted by Gasteiger charge is 2.42. The molecule has 5 rings (SSSR count). The number of hydrazone groups is 1. The second kappa shape index (κ2) is 8.14. The highest BCUT2D eigenvalue weighted by atomic mass is 16.5. The number of fused-ring (bicyclic) bond motifs is 3. The maximum atomic E-state index is 6.57. The van der Waals surface area contributed by atoms with Crippen LogP contribution in [-0.2, 0) is 5.41 Å². The molecular formula is C28H30N2O3. The van der Waals surface area contributed by atoms with Crippen LogP contribution in [0.2, 0.25) is 0 Å². The highest BCUT2D eigenvalue weighted by molar-refractivity contribution is 6.02. The van der Waals surface area contributed by atoms with E-state index >= 15 is 0 Å². The van der Waals surface area contributed by atoms with E-state index in [0.29, 0.717) is 0 Å². The fourth-order valence-electron chi connectivity index (χ4n) is 4.57. The molecule has 0 bridgehead atoms. The average molecular weight is 443 g/mol. The number of hydrogen-bond donors (Lipinski definition) is 0. The van der Waals surface area contributed by atoms with Crippen LogP contribution in [0.4, 0.5) is 0 Å². The number of methoxy groups -OCH3 is 2. The van der Waals surface area contributed by atoms with Gasteiger partial charge in [0.1, 0.15) is 5.75 Å². The van der Waals surface area contributed by atoms with Crippen molar-refractivity contribution in [3.05, 3.63) is 89.0 Å². The molecule has 0 saturated carbocycles. The van der Waals surface area contributed by atoms with Crippen LogP contribution in [0.3, 0.4) is 0 Å². The summed E-state index contributed by atoms with van der Waals surface area (Å²) in [6.07, 6.45) is 0.468. The Morgan fingerprint density at radius 3 is 2.27 bits per heavy atom. The van der Waals surface area contributed by atoms with Gasteiger partial charge >= 0.3 is 0 Å². The molecule has 170 valence electrons. The molecule has 0 saturated heterocycles. The first kappa shape index (κ1) is 21.4. The van der Waals surface area contributed by atoms with E-state index in [1.807, 2.05) is 24.3 Å². The Hall–Kier alpha value is -3.47. The van der Waals surface area contributed by atoms with Crippen LogP contribution in [0.15, 0.2) is 71.8 Å². The fourth-order valence-corrected chi connectivity index (χ4v) is 4.57. The normalized spacial score (nSPS) is 19.3. The zero-order valence-electron chi connectivity index (χ0n) is 19.8. The Balaban J connectivity index is 1.57. The number of ether oxygens (including phenoxy) is 3. The lowest BCUT2D eigenvalue weighted by molar-refractivity contribution is -0.0209. The lowest BCUT2D eigenvalue weighted by atomic mass is 9.86. The average Bonchev–Trinajstić information content (AvgIpc) is 3.28. The zero-order chi connectivity index (χ0) is 23.2. The Morgan fingerprint density at radius 1 is 0.909 bits per heavy atom. The molecule has 0 aromatic heterocycles. The third-order valence-electron chi connectivity index (χ3n) is 6.49. The van der Waals surface area contributed by atoms with E-state index < -0.39 is 0 Å². The first-order valence-electron chi connectivity index (χ1n) is 11.3. The summed E-state index contributed by atoms with van der Waals surface area (Å²) in [5.41, 5.74) is 5.70. The van der Waals surface area contributed by atoms with Crippen molar-refractivity contribution in [2.45, 2.75) is 44.9 Å². The fraction of sp³-hybridized carbons (Fsp3) is 0.321. The molecule has 2 aliphatic rings. The van der Waals surface area contributed by atoms with Crippen molar-refractivity contribution in [2.24, 2.45) is 5.10 Å². The van der Waals surface area contributed by atoms with Gasteiger partial charge in [0, 0.05) is 17.5 Å². The second-order valence-corrected chi connectivity index (χ2v) is 9.60. The van der Waals surface area contributed by atoms with Crippen LogP contribution in [-0.4, -0.2) is 24.9 Å². The Bertz CT molecular complexity index is 1180. The summed E-state index contributed by atoms with van der Waals surface area (Å²) in [5.74, 6) is 2.39. The van der Waals surface area contributed by atoms with Crippen molar-refractivity contribution in [3.63, 3.8) is 0 Å². The summed E-state index contributed by atoms with van der Waals surface area (Å²) in [5, 5.41) is 7.17. The highest BCUT2D eigenvalue weighted by Crippen LogP contribution is 2.50. The first-order chi connectivity index (χ1) is 15.9. The maximum Gasteiger partial charge on any atom is 0.214 e. The van der Waals surface area contributed by atoms with Gasteiger partial charge in [0.2, 0.25) is 6.23 Å². The molecule has 5 heteroatoms. The summed E-state index contributed by atoms with van der Waals surface area (Å²) >= 11 is 0. The lowest BCUT2D eigenvalue weighted by Crippen LogP contribution is -2.34. The van der Waals surface area contributed by atoms with E-state index in [1.165, 1.54) is 5.56 Å². The molecule has 2 atom stereocenters. The van der Waals surface area contributed by atoms with E-state index in [0.717, 1.165) is 46.1 Å². The van der Waals surface area contributed by atoms with E-state index in [9.17, 15) is 0 Å². The van der Waals surface area contributed by atoms with Crippen LogP contribution < -0.4 is 14.2 Å². The van der Waals surface area contributed by atoms with Crippen LogP contribution in [0.1, 0.15) is 61.7 Å². The van der Waals surface area contributed by atoms with Crippen molar-refractivity contribution < 1.29 is 14.2 Å². The largest absolute Gasteiger partial charge is 0.497 e. The molecule has 5 nitrogen and oxygen atoms in total. The van der Waals surface area contributed by atoms with E-state index in [4.69, 9.17) is 19.3 Å². The number of para-hydroxylation sites is 1. The third kappa shape index (κ3) is 3.82. The minimum Gasteiger partial charge on any atom is -0.497 e. The summed E-state index contributed by atoms with van der Waals surface area (Å²) in [6, 6.07) is 22.9. The van der Waals surface area contributed by atoms with Crippen molar-refractivity contribution in [3.8, 4) is 17.2 Å². The van der Waals surface area contributed by atoms with Gasteiger partial charge in [-0.2, -0.15) is 5.10 Å². The van der Waals surface area contributed by atoms with Gasteiger partial charge in [-0.3, -0.25) is 0 Å². The number of rotatable bonds is 4. The zero-order valence-corrected chi connectivity index (χ0v) is 19.8. The molecule has 2 aliphatic heterocycles. The summed E-state index contributed by atoms with van der Waals surface area (Å²) in [4.78, 5) is 0. The summed E-state index contributed by atoms with van der Waals surface area (Å²) < 4.78 is 17.5. The molecule has 0 spiro atoms. The van der Waals surface area contributed by atoms with Gasteiger partial charge in [0.15, 0.2) is 11.5 Å². The molecule has 0 N–H and O–H groups in total. The topological polar surface area (TPSA) is 43.3 Å². The van der Waals surface area contributed by atoms with Crippen molar-refractivity contribution in [1.29, 1.82) is 0 Å². The predicted octanol–water partition coefficient (Wildman–Crippen LogP) is 6.24. The molecule has 2 heterocycles. The SMILES string of the molecule is COc1ccc(C2=NN3[C@H](C2)c2cccc(OC)c2O[C@H]3c2ccc(C(C)(C)C)cc2)cc1. The van der Waals surface area contributed by atoms with E-state index in [2.05, 4.69) is 68.2 Å². The van der Waals surface area contributed by atoms with Crippen LogP contribution in [0.5, 0.6) is 17.2 Å². The van der Waals surface area contributed by atoms with Gasteiger partial charge in [-0.25, -0.2) is 5.01 Å². The van der Waals surface area contributed by atoms with E-state index in [-0.39, 0.29) is 17.7 Å². The molecule has 33 heavy (non-hydrogen) atoms. The van der Waals surface area contributed by atoms with Crippen molar-refractivity contribution >= 4 is 5.71 Å². The number of nitrogens with zero attached hydrogens (tertiary/aromatic N) is 2. The number of hydrogen-bond acceptors (Lipinski definition) is 5. The molecule has 0 radical (unpaired) electrons. The Kier molecular flexibility index (Phi) is 5.28. The van der Waals surface area contributed by atoms with Gasteiger partial charge in [-0.05, 0) is 46.9 Å². The van der Waals surface area contributed by atoms with Gasteiger partial charge in [0.25, 0.3) is 0 Å². The predicted molar refractivity (Wildman–Crippen MR) is 130 cm³/mol. The molecule has 3 aromatic carbocycles. The molecule has 0 amide bonds. The van der Waals surface area contributed by atoms with E-state index in [1.54, 1.807) is 14.2 Å². The maximum absolute atomic E-state index is 6.57. The quantitative estimate of drug-likeness (QED) is 0.479. The van der Waals surface area contributed by atoms with Gasteiger partial charge in [-0.15, -0.1) is 0 Å². The summed E-state index contributed by atoms with van der Waals surface area (Å²) in [7, 11) is 3.37. The molecule has 3 aromatic rings. The minimum atomic E-state index is -0.330. The summed E-state index contributed by atoms with van der Waals surface area (Å²) in [6.45, 7) is 6.67. The Morgan fingerprint density at radius 2 is 1.64 bits per heavy atom. The lowest BCUT2D eigenvalue weighted by Gasteiger charge is -2.38. The molecular weight excluding hydrogens is 412 g/mol.